The van der Waals surface area contributed by atoms with Crippen LogP contribution < -0.4 is 9.80 Å². The number of aromatic nitrogens is 1. The Morgan fingerprint density at radius 2 is 0.885 bits per heavy atom. The van der Waals surface area contributed by atoms with Gasteiger partial charge < -0.3 is 14.4 Å². The summed E-state index contributed by atoms with van der Waals surface area (Å²) in [5, 5.41) is 4.25. The van der Waals surface area contributed by atoms with Gasteiger partial charge in [0.05, 0.1) is 22.2 Å². The number of benzene rings is 10. The molecular weight excluding hydrogens is 739 g/mol. The molecule has 0 aliphatic carbocycles. The molecule has 0 aliphatic rings. The number of fused-ring (bicyclic) bond motifs is 4. The lowest BCUT2D eigenvalue weighted by molar-refractivity contribution is 1.18. The molecule has 1 heterocycles. The maximum absolute atomic E-state index is 9.35. The molecule has 0 N–H and O–H groups in total. The van der Waals surface area contributed by atoms with E-state index >= 15 is 0 Å². The molecule has 0 radical (unpaired) electrons. The van der Waals surface area contributed by atoms with Gasteiger partial charge in [0.15, 0.2) is 0 Å². The largest absolute Gasteiger partial charge is 0.311 e. The van der Waals surface area contributed by atoms with Crippen LogP contribution in [0.4, 0.5) is 34.1 Å². The molecule has 0 unspecified atom stereocenters. The van der Waals surface area contributed by atoms with Crippen LogP contribution in [0.3, 0.4) is 0 Å². The minimum Gasteiger partial charge on any atom is -0.311 e. The Labute approximate surface area is 361 Å². The lowest BCUT2D eigenvalue weighted by Crippen LogP contribution is -2.11. The number of hydrogen-bond acceptors (Lipinski definition) is 2. The van der Waals surface area contributed by atoms with Crippen LogP contribution in [0.15, 0.2) is 249 Å². The number of hydrogen-bond donors (Lipinski definition) is 0. The summed E-state index contributed by atoms with van der Waals surface area (Å²) in [5.74, 6) is 0. The fourth-order valence-electron chi connectivity index (χ4n) is 8.56. The second kappa shape index (κ2) is 15.6. The normalized spacial score (nSPS) is 12.2. The van der Waals surface area contributed by atoms with Crippen LogP contribution in [-0.2, 0) is 0 Å². The monoisotopic (exact) mass is 783 g/mol. The second-order valence-electron chi connectivity index (χ2n) is 15.1. The van der Waals surface area contributed by atoms with Gasteiger partial charge >= 0.3 is 0 Å². The van der Waals surface area contributed by atoms with E-state index in [4.69, 9.17) is 0 Å². The number of anilines is 6. The quantitative estimate of drug-likeness (QED) is 0.144. The zero-order valence-corrected chi connectivity index (χ0v) is 33.2. The van der Waals surface area contributed by atoms with E-state index in [0.29, 0.717) is 5.56 Å². The Morgan fingerprint density at radius 1 is 0.328 bits per heavy atom. The predicted octanol–water partition coefficient (Wildman–Crippen LogP) is 16.2. The Morgan fingerprint density at radius 3 is 1.62 bits per heavy atom. The van der Waals surface area contributed by atoms with Gasteiger partial charge in [0.2, 0.25) is 0 Å². The number of nitrogens with zero attached hydrogens (tertiary/aromatic N) is 3. The van der Waals surface area contributed by atoms with Crippen LogP contribution in [0, 0.1) is 0 Å². The number of rotatable bonds is 9. The highest BCUT2D eigenvalue weighted by Gasteiger charge is 2.21. The molecule has 0 saturated carbocycles. The minimum atomic E-state index is -0.111. The molecule has 0 atom stereocenters. The first-order valence-electron chi connectivity index (χ1n) is 22.5. The highest BCUT2D eigenvalue weighted by atomic mass is 15.2. The molecule has 3 heteroatoms. The smallest absolute Gasteiger partial charge is 0.0645 e. The van der Waals surface area contributed by atoms with Gasteiger partial charge in [-0.3, -0.25) is 0 Å². The first-order valence-corrected chi connectivity index (χ1v) is 20.5. The van der Waals surface area contributed by atoms with E-state index in [-0.39, 0.29) is 35.4 Å². The van der Waals surface area contributed by atoms with E-state index in [1.807, 2.05) is 91.0 Å². The molecule has 0 saturated heterocycles. The standard InChI is InChI=1S/C58H41N3/c1-5-17-43(18-6-1)53-25-13-15-27-56(53)60(52-37-38-55-54-26-14-16-28-57(54)61(58(55)41-52)49-23-11-4-12-24-49)51-36-33-45-39-44(29-30-46(45)40-51)42-31-34-50(35-32-42)59(47-19-7-2-8-20-47)48-21-9-3-10-22-48/h1-41H/i31D,32D,34D,35D. The Balaban J connectivity index is 1.06. The van der Waals surface area contributed by atoms with Crippen molar-refractivity contribution in [2.75, 3.05) is 9.80 Å². The molecule has 61 heavy (non-hydrogen) atoms. The average Bonchev–Trinajstić information content (AvgIpc) is 3.69. The first kappa shape index (κ1) is 31.8. The molecular formula is C58H41N3. The molecule has 11 rings (SSSR count). The third-order valence-electron chi connectivity index (χ3n) is 11.4. The van der Waals surface area contributed by atoms with Crippen molar-refractivity contribution in [1.29, 1.82) is 0 Å². The minimum absolute atomic E-state index is 0.0965. The van der Waals surface area contributed by atoms with Gasteiger partial charge in [-0.05, 0) is 118 Å². The van der Waals surface area contributed by atoms with E-state index in [0.717, 1.165) is 67.1 Å². The van der Waals surface area contributed by atoms with E-state index < -0.39 is 0 Å². The van der Waals surface area contributed by atoms with Crippen LogP contribution >= 0.6 is 0 Å². The van der Waals surface area contributed by atoms with Gasteiger partial charge in [0.25, 0.3) is 0 Å². The predicted molar refractivity (Wildman–Crippen MR) is 259 cm³/mol. The molecule has 0 bridgehead atoms. The summed E-state index contributed by atoms with van der Waals surface area (Å²) in [7, 11) is 0. The maximum atomic E-state index is 9.35. The van der Waals surface area contributed by atoms with E-state index in [1.165, 1.54) is 10.8 Å². The summed E-state index contributed by atoms with van der Waals surface area (Å²) in [4.78, 5) is 4.13. The van der Waals surface area contributed by atoms with E-state index in [9.17, 15) is 5.48 Å². The van der Waals surface area contributed by atoms with E-state index in [1.54, 1.807) is 4.90 Å². The van der Waals surface area contributed by atoms with Crippen LogP contribution in [0.2, 0.25) is 0 Å². The summed E-state index contributed by atoms with van der Waals surface area (Å²) >= 11 is 0. The summed E-state index contributed by atoms with van der Waals surface area (Å²) in [6.45, 7) is 0. The topological polar surface area (TPSA) is 11.4 Å². The molecule has 288 valence electrons. The molecule has 11 aromatic rings. The summed E-state index contributed by atoms with van der Waals surface area (Å²) in [6, 6.07) is 75.8. The Kier molecular flexibility index (Phi) is 8.11. The molecule has 0 aliphatic heterocycles. The molecule has 0 amide bonds. The zero-order valence-electron chi connectivity index (χ0n) is 37.2. The van der Waals surface area contributed by atoms with Crippen molar-refractivity contribution in [3.63, 3.8) is 0 Å². The van der Waals surface area contributed by atoms with Gasteiger partial charge in [0.1, 0.15) is 0 Å². The van der Waals surface area contributed by atoms with Crippen LogP contribution in [0.25, 0.3) is 60.5 Å². The Bertz CT molecular complexity index is 3470. The van der Waals surface area contributed by atoms with Crippen molar-refractivity contribution in [3.8, 4) is 27.9 Å². The lowest BCUT2D eigenvalue weighted by atomic mass is 9.99. The zero-order chi connectivity index (χ0) is 44.0. The van der Waals surface area contributed by atoms with Crippen LogP contribution in [-0.4, -0.2) is 4.57 Å². The highest BCUT2D eigenvalue weighted by Crippen LogP contribution is 2.44. The van der Waals surface area contributed by atoms with Gasteiger partial charge in [-0.2, -0.15) is 0 Å². The van der Waals surface area contributed by atoms with Crippen molar-refractivity contribution in [2.24, 2.45) is 0 Å². The molecule has 10 aromatic carbocycles. The summed E-state index contributed by atoms with van der Waals surface area (Å²) < 4.78 is 39.7. The molecule has 1 aromatic heterocycles. The highest BCUT2D eigenvalue weighted by molar-refractivity contribution is 6.10. The van der Waals surface area contributed by atoms with Crippen LogP contribution in [0.1, 0.15) is 5.48 Å². The average molecular weight is 784 g/mol. The van der Waals surface area contributed by atoms with Crippen molar-refractivity contribution in [3.05, 3.63) is 249 Å². The second-order valence-corrected chi connectivity index (χ2v) is 15.1. The summed E-state index contributed by atoms with van der Waals surface area (Å²) in [6.07, 6.45) is 0. The van der Waals surface area contributed by atoms with Crippen molar-refractivity contribution >= 4 is 66.7 Å². The lowest BCUT2D eigenvalue weighted by Gasteiger charge is -2.28. The van der Waals surface area contributed by atoms with Crippen molar-refractivity contribution in [2.45, 2.75) is 0 Å². The molecule has 0 fully saturated rings. The van der Waals surface area contributed by atoms with Gasteiger partial charge in [-0.25, -0.2) is 0 Å². The van der Waals surface area contributed by atoms with Crippen molar-refractivity contribution in [1.82, 2.24) is 4.57 Å². The molecule has 0 spiro atoms. The van der Waals surface area contributed by atoms with Gasteiger partial charge in [-0.1, -0.05) is 158 Å². The fraction of sp³-hybridized carbons (Fsp3) is 0. The number of para-hydroxylation sites is 5. The van der Waals surface area contributed by atoms with Gasteiger partial charge in [-0.15, -0.1) is 0 Å². The maximum Gasteiger partial charge on any atom is 0.0645 e. The first-order chi connectivity index (χ1) is 31.9. The van der Waals surface area contributed by atoms with Gasteiger partial charge in [0, 0.05) is 50.5 Å². The van der Waals surface area contributed by atoms with Crippen molar-refractivity contribution < 1.29 is 5.48 Å². The fourth-order valence-corrected chi connectivity index (χ4v) is 8.56. The van der Waals surface area contributed by atoms with E-state index in [2.05, 4.69) is 143 Å². The van der Waals surface area contributed by atoms with Crippen LogP contribution in [0.5, 0.6) is 0 Å². The SMILES string of the molecule is [2H]c1c([2H])c(N(c2ccccc2)c2ccccc2)c([2H])c([2H])c1-c1ccc2cc(N(c3ccc4c5ccccc5n(-c5ccccc5)c4c3)c3ccccc3-c3ccccc3)ccc2c1. The summed E-state index contributed by atoms with van der Waals surface area (Å²) in [5.41, 5.74) is 11.1. The third-order valence-corrected chi connectivity index (χ3v) is 11.4. The molecule has 3 nitrogen and oxygen atoms in total. The Hall–Kier alpha value is -8.14. The third kappa shape index (κ3) is 6.69.